The van der Waals surface area contributed by atoms with Crippen molar-refractivity contribution in [3.8, 4) is 11.1 Å². The van der Waals surface area contributed by atoms with Crippen molar-refractivity contribution in [1.82, 2.24) is 10.3 Å². The lowest BCUT2D eigenvalue weighted by molar-refractivity contribution is -0.268. The van der Waals surface area contributed by atoms with Gasteiger partial charge < -0.3 is 25.2 Å². The van der Waals surface area contributed by atoms with Crippen molar-refractivity contribution in [2.75, 3.05) is 11.1 Å². The van der Waals surface area contributed by atoms with Crippen molar-refractivity contribution in [1.29, 1.82) is 0 Å². The number of nitrogens with zero attached hydrogens (tertiary/aromatic N) is 1. The second-order valence-corrected chi connectivity index (χ2v) is 13.2. The number of thioether (sulfide) groups is 1. The lowest BCUT2D eigenvalue weighted by atomic mass is 9.91. The highest BCUT2D eigenvalue weighted by molar-refractivity contribution is 7.99. The SMILES string of the molecule is CC(=O)Nc1ccc(SCC2OC(c3ccc(-c4cccc(CNC(=O)c5cccnc5)c4)cc3)OC(c3ccc(CO)cc3)C2C)cc1. The van der Waals surface area contributed by atoms with Crippen LogP contribution in [-0.2, 0) is 27.4 Å². The second kappa shape index (κ2) is 16.1. The molecule has 8 nitrogen and oxygen atoms in total. The molecule has 1 aromatic heterocycles. The van der Waals surface area contributed by atoms with Crippen molar-refractivity contribution in [2.24, 2.45) is 5.92 Å². The standard InChI is InChI=1S/C40H39N3O5S/c1-26-37(25-49-36-18-16-35(17-19-36)43-27(2)45)47-40(48-38(26)31-10-8-28(24-44)9-11-31)32-14-12-30(13-15-32)33-6-3-5-29(21-33)22-42-39(46)34-7-4-20-41-23-34/h3-21,23,26,37-38,40,44H,22,24-25H2,1-2H3,(H,42,46)(H,43,45). The Bertz CT molecular complexity index is 1850. The molecule has 1 aliphatic rings. The molecule has 0 spiro atoms. The normalized spacial score (nSPS) is 18.8. The molecular weight excluding hydrogens is 635 g/mol. The highest BCUT2D eigenvalue weighted by atomic mass is 32.2. The molecule has 2 heterocycles. The molecule has 9 heteroatoms. The largest absolute Gasteiger partial charge is 0.392 e. The van der Waals surface area contributed by atoms with E-state index < -0.39 is 6.29 Å². The molecule has 5 aromatic rings. The zero-order chi connectivity index (χ0) is 34.2. The molecule has 250 valence electrons. The maximum atomic E-state index is 12.5. The van der Waals surface area contributed by atoms with Crippen LogP contribution in [0.2, 0.25) is 0 Å². The Hall–Kier alpha value is -4.80. The third-order valence-corrected chi connectivity index (χ3v) is 9.63. The number of pyridine rings is 1. The molecule has 0 saturated carbocycles. The van der Waals surface area contributed by atoms with E-state index in [1.165, 1.54) is 6.92 Å². The molecule has 2 amide bonds. The van der Waals surface area contributed by atoms with Gasteiger partial charge in [0.05, 0.1) is 24.4 Å². The van der Waals surface area contributed by atoms with Gasteiger partial charge in [0.15, 0.2) is 6.29 Å². The number of aromatic nitrogens is 1. The summed E-state index contributed by atoms with van der Waals surface area (Å²) in [4.78, 5) is 29.0. The van der Waals surface area contributed by atoms with Crippen molar-refractivity contribution in [3.05, 3.63) is 149 Å². The van der Waals surface area contributed by atoms with Crippen LogP contribution in [0.3, 0.4) is 0 Å². The van der Waals surface area contributed by atoms with E-state index >= 15 is 0 Å². The highest BCUT2D eigenvalue weighted by Crippen LogP contribution is 2.43. The Balaban J connectivity index is 1.17. The molecule has 6 rings (SSSR count). The average molecular weight is 674 g/mol. The maximum absolute atomic E-state index is 12.5. The van der Waals surface area contributed by atoms with Crippen molar-refractivity contribution in [3.63, 3.8) is 0 Å². The van der Waals surface area contributed by atoms with Gasteiger partial charge in [-0.05, 0) is 70.3 Å². The van der Waals surface area contributed by atoms with E-state index in [4.69, 9.17) is 9.47 Å². The number of nitrogens with one attached hydrogen (secondary N) is 2. The molecule has 4 atom stereocenters. The van der Waals surface area contributed by atoms with Gasteiger partial charge in [0.2, 0.25) is 5.91 Å². The lowest BCUT2D eigenvalue weighted by Gasteiger charge is -2.41. The van der Waals surface area contributed by atoms with Gasteiger partial charge in [0.25, 0.3) is 5.91 Å². The van der Waals surface area contributed by atoms with Crippen LogP contribution in [0, 0.1) is 5.92 Å². The third kappa shape index (κ3) is 8.82. The van der Waals surface area contributed by atoms with Gasteiger partial charge in [0, 0.05) is 53.7 Å². The summed E-state index contributed by atoms with van der Waals surface area (Å²) < 4.78 is 13.3. The molecule has 0 aliphatic carbocycles. The maximum Gasteiger partial charge on any atom is 0.253 e. The zero-order valence-electron chi connectivity index (χ0n) is 27.4. The molecular formula is C40H39N3O5S. The quantitative estimate of drug-likeness (QED) is 0.123. The fourth-order valence-electron chi connectivity index (χ4n) is 5.80. The van der Waals surface area contributed by atoms with Gasteiger partial charge in [-0.3, -0.25) is 14.6 Å². The summed E-state index contributed by atoms with van der Waals surface area (Å²) in [7, 11) is 0. The summed E-state index contributed by atoms with van der Waals surface area (Å²) in [5, 5.41) is 15.4. The van der Waals surface area contributed by atoms with Gasteiger partial charge in [-0.15, -0.1) is 11.8 Å². The number of hydrogen-bond acceptors (Lipinski definition) is 7. The fourth-order valence-corrected chi connectivity index (χ4v) is 6.87. The summed E-state index contributed by atoms with van der Waals surface area (Å²) in [6.45, 7) is 4.04. The number of ether oxygens (including phenoxy) is 2. The highest BCUT2D eigenvalue weighted by Gasteiger charge is 2.38. The van der Waals surface area contributed by atoms with E-state index in [0.717, 1.165) is 44.0 Å². The molecule has 1 fully saturated rings. The number of benzene rings is 4. The van der Waals surface area contributed by atoms with Gasteiger partial charge >= 0.3 is 0 Å². The fraction of sp³-hybridized carbons (Fsp3) is 0.225. The van der Waals surface area contributed by atoms with Gasteiger partial charge in [-0.1, -0.05) is 73.7 Å². The van der Waals surface area contributed by atoms with Crippen LogP contribution in [-0.4, -0.2) is 33.8 Å². The van der Waals surface area contributed by atoms with E-state index in [1.807, 2.05) is 72.8 Å². The Morgan fingerprint density at radius 3 is 2.29 bits per heavy atom. The van der Waals surface area contributed by atoms with Gasteiger partial charge in [0.1, 0.15) is 0 Å². The van der Waals surface area contributed by atoms with Crippen molar-refractivity contribution >= 4 is 29.3 Å². The molecule has 4 aromatic carbocycles. The minimum Gasteiger partial charge on any atom is -0.392 e. The van der Waals surface area contributed by atoms with E-state index in [0.29, 0.717) is 17.9 Å². The molecule has 0 radical (unpaired) electrons. The zero-order valence-corrected chi connectivity index (χ0v) is 28.2. The lowest BCUT2D eigenvalue weighted by Crippen LogP contribution is -2.38. The monoisotopic (exact) mass is 673 g/mol. The minimum atomic E-state index is -0.575. The predicted molar refractivity (Wildman–Crippen MR) is 192 cm³/mol. The first-order chi connectivity index (χ1) is 23.9. The Morgan fingerprint density at radius 1 is 0.837 bits per heavy atom. The van der Waals surface area contributed by atoms with E-state index in [2.05, 4.69) is 46.8 Å². The number of rotatable bonds is 11. The van der Waals surface area contributed by atoms with Crippen LogP contribution in [0.25, 0.3) is 11.1 Å². The molecule has 4 unspecified atom stereocenters. The first-order valence-corrected chi connectivity index (χ1v) is 17.2. The Morgan fingerprint density at radius 2 is 1.59 bits per heavy atom. The van der Waals surface area contributed by atoms with E-state index in [-0.39, 0.29) is 36.5 Å². The minimum absolute atomic E-state index is 0.0115. The number of carbonyl (C=O) groups is 2. The summed E-state index contributed by atoms with van der Waals surface area (Å²) >= 11 is 1.71. The smallest absolute Gasteiger partial charge is 0.253 e. The summed E-state index contributed by atoms with van der Waals surface area (Å²) in [5.41, 5.74) is 7.18. The number of aliphatic hydroxyl groups excluding tert-OH is 1. The van der Waals surface area contributed by atoms with Crippen LogP contribution in [0.15, 0.2) is 126 Å². The average Bonchev–Trinajstić information content (AvgIpc) is 3.14. The predicted octanol–water partition coefficient (Wildman–Crippen LogP) is 7.71. The van der Waals surface area contributed by atoms with Crippen LogP contribution in [0.5, 0.6) is 0 Å². The van der Waals surface area contributed by atoms with Crippen LogP contribution < -0.4 is 10.6 Å². The molecule has 1 aliphatic heterocycles. The molecule has 3 N–H and O–H groups in total. The number of hydrogen-bond donors (Lipinski definition) is 3. The van der Waals surface area contributed by atoms with Crippen molar-refractivity contribution < 1.29 is 24.2 Å². The van der Waals surface area contributed by atoms with Gasteiger partial charge in [-0.25, -0.2) is 0 Å². The first-order valence-electron chi connectivity index (χ1n) is 16.2. The first kappa shape index (κ1) is 34.1. The Kier molecular flexibility index (Phi) is 11.2. The topological polar surface area (TPSA) is 110 Å². The van der Waals surface area contributed by atoms with Crippen LogP contribution >= 0.6 is 11.8 Å². The number of aliphatic hydroxyl groups is 1. The van der Waals surface area contributed by atoms with Gasteiger partial charge in [-0.2, -0.15) is 0 Å². The number of anilines is 1. The Labute approximate surface area is 290 Å². The summed E-state index contributed by atoms with van der Waals surface area (Å²) in [6, 6.07) is 35.6. The van der Waals surface area contributed by atoms with Crippen LogP contribution in [0.1, 0.15) is 58.9 Å². The molecule has 1 saturated heterocycles. The van der Waals surface area contributed by atoms with E-state index in [1.54, 1.807) is 36.3 Å². The molecule has 0 bridgehead atoms. The summed E-state index contributed by atoms with van der Waals surface area (Å²) in [5.74, 6) is 0.513. The molecule has 49 heavy (non-hydrogen) atoms. The third-order valence-electron chi connectivity index (χ3n) is 8.53. The van der Waals surface area contributed by atoms with Crippen LogP contribution in [0.4, 0.5) is 5.69 Å². The van der Waals surface area contributed by atoms with Crippen molar-refractivity contribution in [2.45, 2.75) is 50.4 Å². The van der Waals surface area contributed by atoms with E-state index in [9.17, 15) is 14.7 Å². The number of carbonyl (C=O) groups excluding carboxylic acids is 2. The second-order valence-electron chi connectivity index (χ2n) is 12.1. The summed E-state index contributed by atoms with van der Waals surface area (Å²) in [6.07, 6.45) is 2.30. The number of amides is 2.